The van der Waals surface area contributed by atoms with E-state index >= 15 is 0 Å². The van der Waals surface area contributed by atoms with E-state index in [9.17, 15) is 4.79 Å². The Morgan fingerprint density at radius 1 is 1.59 bits per heavy atom. The van der Waals surface area contributed by atoms with E-state index < -0.39 is 11.5 Å². The molecule has 1 aromatic rings. The van der Waals surface area contributed by atoms with E-state index in [2.05, 4.69) is 5.32 Å². The molecule has 0 spiro atoms. The first kappa shape index (κ1) is 11.9. The Balaban J connectivity index is 2.44. The van der Waals surface area contributed by atoms with Crippen molar-refractivity contribution in [2.45, 2.75) is 24.8 Å². The number of carboxylic acids is 1. The summed E-state index contributed by atoms with van der Waals surface area (Å²) in [4.78, 5) is 11.0. The first-order valence-corrected chi connectivity index (χ1v) is 5.69. The van der Waals surface area contributed by atoms with Gasteiger partial charge in [0.25, 0.3) is 0 Å². The van der Waals surface area contributed by atoms with E-state index in [-0.39, 0.29) is 6.42 Å². The van der Waals surface area contributed by atoms with Gasteiger partial charge in [0.2, 0.25) is 0 Å². The lowest BCUT2D eigenvalue weighted by molar-refractivity contribution is -0.138. The molecule has 0 aromatic heterocycles. The van der Waals surface area contributed by atoms with E-state index in [1.807, 2.05) is 25.2 Å². The lowest BCUT2D eigenvalue weighted by Crippen LogP contribution is -2.39. The molecule has 4 heteroatoms. The number of nitrogens with one attached hydrogen (secondary N) is 1. The lowest BCUT2D eigenvalue weighted by Gasteiger charge is -2.28. The van der Waals surface area contributed by atoms with Crippen LogP contribution in [0.25, 0.3) is 0 Å². The molecule has 0 bridgehead atoms. The highest BCUT2D eigenvalue weighted by Gasteiger charge is 2.39. The number of methoxy groups -OCH3 is 1. The van der Waals surface area contributed by atoms with Crippen molar-refractivity contribution in [3.8, 4) is 5.75 Å². The van der Waals surface area contributed by atoms with Crippen LogP contribution < -0.4 is 10.1 Å². The molecule has 1 aromatic carbocycles. The minimum absolute atomic E-state index is 0.101. The standard InChI is InChI=1S/C13H17NO3/c1-14-13(8-12(15)16)6-5-9-3-4-10(17-2)7-11(9)13/h3-4,7,14H,5-6,8H2,1-2H3,(H,15,16). The van der Waals surface area contributed by atoms with Gasteiger partial charge in [-0.05, 0) is 43.1 Å². The van der Waals surface area contributed by atoms with Crippen LogP contribution in [0.1, 0.15) is 24.0 Å². The first-order valence-electron chi connectivity index (χ1n) is 5.69. The highest BCUT2D eigenvalue weighted by molar-refractivity contribution is 5.69. The Kier molecular flexibility index (Phi) is 3.07. The van der Waals surface area contributed by atoms with E-state index in [1.54, 1.807) is 7.11 Å². The smallest absolute Gasteiger partial charge is 0.305 e. The molecule has 0 heterocycles. The molecule has 1 unspecified atom stereocenters. The molecule has 0 saturated carbocycles. The van der Waals surface area contributed by atoms with Gasteiger partial charge in [0.15, 0.2) is 0 Å². The minimum Gasteiger partial charge on any atom is -0.497 e. The molecule has 2 N–H and O–H groups in total. The average Bonchev–Trinajstić information content (AvgIpc) is 2.67. The molecule has 17 heavy (non-hydrogen) atoms. The van der Waals surface area contributed by atoms with Crippen molar-refractivity contribution in [1.82, 2.24) is 5.32 Å². The van der Waals surface area contributed by atoms with Gasteiger partial charge in [-0.2, -0.15) is 0 Å². The SMILES string of the molecule is CNC1(CC(=O)O)CCc2ccc(OC)cc21. The minimum atomic E-state index is -0.782. The number of rotatable bonds is 4. The maximum atomic E-state index is 11.0. The number of hydrogen-bond acceptors (Lipinski definition) is 3. The Labute approximate surface area is 101 Å². The fourth-order valence-corrected chi connectivity index (χ4v) is 2.62. The summed E-state index contributed by atoms with van der Waals surface area (Å²) in [5.41, 5.74) is 1.82. The van der Waals surface area contributed by atoms with Gasteiger partial charge < -0.3 is 15.2 Å². The van der Waals surface area contributed by atoms with Crippen LogP contribution in [0, 0.1) is 0 Å². The van der Waals surface area contributed by atoms with Gasteiger partial charge >= 0.3 is 5.97 Å². The van der Waals surface area contributed by atoms with Crippen LogP contribution in [0.4, 0.5) is 0 Å². The summed E-state index contributed by atoms with van der Waals surface area (Å²) < 4.78 is 5.21. The second-order valence-corrected chi connectivity index (χ2v) is 4.43. The normalized spacial score (nSPS) is 22.2. The maximum absolute atomic E-state index is 11.0. The Morgan fingerprint density at radius 3 is 2.94 bits per heavy atom. The lowest BCUT2D eigenvalue weighted by atomic mass is 9.88. The van der Waals surface area contributed by atoms with E-state index in [1.165, 1.54) is 5.56 Å². The predicted octanol–water partition coefficient (Wildman–Crippen LogP) is 1.53. The quantitative estimate of drug-likeness (QED) is 0.831. The second-order valence-electron chi connectivity index (χ2n) is 4.43. The van der Waals surface area contributed by atoms with Gasteiger partial charge in [-0.15, -0.1) is 0 Å². The molecule has 2 rings (SSSR count). The molecule has 1 aliphatic carbocycles. The summed E-state index contributed by atoms with van der Waals surface area (Å²) in [7, 11) is 3.44. The number of carboxylic acid groups (broad SMARTS) is 1. The third kappa shape index (κ3) is 2.00. The summed E-state index contributed by atoms with van der Waals surface area (Å²) in [6.45, 7) is 0. The Bertz CT molecular complexity index is 444. The predicted molar refractivity (Wildman–Crippen MR) is 64.3 cm³/mol. The topological polar surface area (TPSA) is 58.6 Å². The maximum Gasteiger partial charge on any atom is 0.305 e. The largest absolute Gasteiger partial charge is 0.497 e. The van der Waals surface area contributed by atoms with Crippen molar-refractivity contribution < 1.29 is 14.6 Å². The third-order valence-electron chi connectivity index (χ3n) is 3.59. The molecular formula is C13H17NO3. The summed E-state index contributed by atoms with van der Waals surface area (Å²) in [5.74, 6) is -0.00863. The first-order chi connectivity index (χ1) is 8.11. The van der Waals surface area contributed by atoms with Crippen LogP contribution in [-0.4, -0.2) is 25.2 Å². The van der Waals surface area contributed by atoms with Gasteiger partial charge in [0.05, 0.1) is 19.1 Å². The number of ether oxygens (including phenoxy) is 1. The number of benzene rings is 1. The molecule has 0 fully saturated rings. The van der Waals surface area contributed by atoms with Gasteiger partial charge in [-0.1, -0.05) is 6.07 Å². The molecule has 0 aliphatic heterocycles. The molecule has 0 radical (unpaired) electrons. The fraction of sp³-hybridized carbons (Fsp3) is 0.462. The van der Waals surface area contributed by atoms with Gasteiger partial charge in [0.1, 0.15) is 5.75 Å². The van der Waals surface area contributed by atoms with Gasteiger partial charge in [-0.25, -0.2) is 0 Å². The van der Waals surface area contributed by atoms with Crippen LogP contribution in [-0.2, 0) is 16.8 Å². The summed E-state index contributed by atoms with van der Waals surface area (Å²) in [5, 5.41) is 12.2. The zero-order valence-corrected chi connectivity index (χ0v) is 10.1. The second kappa shape index (κ2) is 4.37. The van der Waals surface area contributed by atoms with E-state index in [0.29, 0.717) is 0 Å². The van der Waals surface area contributed by atoms with Crippen LogP contribution in [0.5, 0.6) is 5.75 Å². The number of carbonyl (C=O) groups is 1. The number of aryl methyl sites for hydroxylation is 1. The van der Waals surface area contributed by atoms with Crippen LogP contribution >= 0.6 is 0 Å². The number of hydrogen-bond donors (Lipinski definition) is 2. The molecular weight excluding hydrogens is 218 g/mol. The van der Waals surface area contributed by atoms with Crippen LogP contribution in [0.15, 0.2) is 18.2 Å². The molecule has 92 valence electrons. The van der Waals surface area contributed by atoms with Gasteiger partial charge in [-0.3, -0.25) is 4.79 Å². The molecule has 1 atom stereocenters. The summed E-state index contributed by atoms with van der Waals surface area (Å²) >= 11 is 0. The van der Waals surface area contributed by atoms with Crippen molar-refractivity contribution in [2.75, 3.05) is 14.2 Å². The fourth-order valence-electron chi connectivity index (χ4n) is 2.62. The summed E-state index contributed by atoms with van der Waals surface area (Å²) in [6.07, 6.45) is 1.83. The van der Waals surface area contributed by atoms with Crippen molar-refractivity contribution in [3.63, 3.8) is 0 Å². The van der Waals surface area contributed by atoms with Crippen molar-refractivity contribution >= 4 is 5.97 Å². The highest BCUT2D eigenvalue weighted by atomic mass is 16.5. The molecule has 0 amide bonds. The number of aliphatic carboxylic acids is 1. The van der Waals surface area contributed by atoms with Crippen molar-refractivity contribution in [2.24, 2.45) is 0 Å². The Hall–Kier alpha value is -1.55. The molecule has 0 saturated heterocycles. The molecule has 4 nitrogen and oxygen atoms in total. The number of fused-ring (bicyclic) bond motifs is 1. The van der Waals surface area contributed by atoms with Gasteiger partial charge in [0, 0.05) is 0 Å². The molecule has 1 aliphatic rings. The van der Waals surface area contributed by atoms with Crippen molar-refractivity contribution in [1.29, 1.82) is 0 Å². The summed E-state index contributed by atoms with van der Waals surface area (Å²) in [6, 6.07) is 5.89. The van der Waals surface area contributed by atoms with Crippen LogP contribution in [0.2, 0.25) is 0 Å². The van der Waals surface area contributed by atoms with Crippen molar-refractivity contribution in [3.05, 3.63) is 29.3 Å². The average molecular weight is 235 g/mol. The monoisotopic (exact) mass is 235 g/mol. The van der Waals surface area contributed by atoms with E-state index in [4.69, 9.17) is 9.84 Å². The van der Waals surface area contributed by atoms with Crippen LogP contribution in [0.3, 0.4) is 0 Å². The van der Waals surface area contributed by atoms with E-state index in [0.717, 1.165) is 24.2 Å². The Morgan fingerprint density at radius 2 is 2.35 bits per heavy atom. The zero-order valence-electron chi connectivity index (χ0n) is 10.1. The zero-order chi connectivity index (χ0) is 12.5. The third-order valence-corrected chi connectivity index (χ3v) is 3.59. The highest BCUT2D eigenvalue weighted by Crippen LogP contribution is 2.40.